The highest BCUT2D eigenvalue weighted by atomic mass is 16.5. The smallest absolute Gasteiger partial charge is 0.338 e. The van der Waals surface area contributed by atoms with Crippen LogP contribution < -0.4 is 0 Å². The zero-order valence-electron chi connectivity index (χ0n) is 13.4. The van der Waals surface area contributed by atoms with Gasteiger partial charge in [-0.3, -0.25) is 0 Å². The minimum Gasteiger partial charge on any atom is -0.465 e. The Morgan fingerprint density at radius 3 is 2.00 bits per heavy atom. The number of ether oxygens (including phenoxy) is 2. The predicted molar refractivity (Wildman–Crippen MR) is 91.2 cm³/mol. The van der Waals surface area contributed by atoms with Crippen molar-refractivity contribution in [3.8, 4) is 22.3 Å². The third-order valence-corrected chi connectivity index (χ3v) is 3.93. The van der Waals surface area contributed by atoms with E-state index in [0.29, 0.717) is 11.1 Å². The summed E-state index contributed by atoms with van der Waals surface area (Å²) in [4.78, 5) is 24.1. The van der Waals surface area contributed by atoms with Gasteiger partial charge in [0, 0.05) is 0 Å². The molecule has 0 fully saturated rings. The standard InChI is InChI=1S/C20H16O4/c1-23-19(21)14-8-9-16-15(13-6-4-3-5-7-13)10-11-17(16)18(12-14)20(22)24-2/h3-12H,1-2H3. The highest BCUT2D eigenvalue weighted by molar-refractivity contribution is 6.03. The van der Waals surface area contributed by atoms with Gasteiger partial charge < -0.3 is 9.47 Å². The number of benzene rings is 1. The van der Waals surface area contributed by atoms with Crippen molar-refractivity contribution in [3.05, 3.63) is 71.8 Å². The molecule has 2 aliphatic rings. The molecule has 3 rings (SSSR count). The molecule has 0 atom stereocenters. The van der Waals surface area contributed by atoms with E-state index in [0.717, 1.165) is 22.3 Å². The molecule has 0 bridgehead atoms. The Labute approximate surface area is 140 Å². The summed E-state index contributed by atoms with van der Waals surface area (Å²) in [7, 11) is 2.63. The number of carbonyl (C=O) groups excluding carboxylic acids is 2. The van der Waals surface area contributed by atoms with E-state index in [-0.39, 0.29) is 0 Å². The van der Waals surface area contributed by atoms with Crippen LogP contribution in [0.15, 0.2) is 60.7 Å². The van der Waals surface area contributed by atoms with E-state index in [9.17, 15) is 9.59 Å². The Bertz CT molecular complexity index is 868. The number of hydrogen-bond donors (Lipinski definition) is 0. The summed E-state index contributed by atoms with van der Waals surface area (Å²) in [6.07, 6.45) is 0. The molecule has 0 saturated carbocycles. The first-order chi connectivity index (χ1) is 11.7. The zero-order chi connectivity index (χ0) is 17.1. The molecule has 1 aromatic carbocycles. The second-order valence-electron chi connectivity index (χ2n) is 5.27. The monoisotopic (exact) mass is 320 g/mol. The van der Waals surface area contributed by atoms with Crippen LogP contribution in [0.1, 0.15) is 20.7 Å². The molecule has 0 amide bonds. The lowest BCUT2D eigenvalue weighted by Gasteiger charge is -2.05. The summed E-state index contributed by atoms with van der Waals surface area (Å²) in [6, 6.07) is 18.7. The molecule has 0 aliphatic heterocycles. The number of rotatable bonds is 3. The van der Waals surface area contributed by atoms with Gasteiger partial charge in [0.1, 0.15) is 0 Å². The fraction of sp³-hybridized carbons (Fsp3) is 0.100. The van der Waals surface area contributed by atoms with E-state index in [4.69, 9.17) is 9.47 Å². The topological polar surface area (TPSA) is 52.6 Å². The van der Waals surface area contributed by atoms with Gasteiger partial charge in [0.2, 0.25) is 0 Å². The molecule has 4 nitrogen and oxygen atoms in total. The van der Waals surface area contributed by atoms with Crippen LogP contribution in [-0.4, -0.2) is 26.2 Å². The molecule has 120 valence electrons. The summed E-state index contributed by atoms with van der Waals surface area (Å²) in [5.41, 5.74) is 4.26. The van der Waals surface area contributed by atoms with Gasteiger partial charge in [-0.1, -0.05) is 48.5 Å². The molecular weight excluding hydrogens is 304 g/mol. The normalized spacial score (nSPS) is 10.4. The first kappa shape index (κ1) is 15.7. The van der Waals surface area contributed by atoms with Crippen molar-refractivity contribution < 1.29 is 19.1 Å². The predicted octanol–water partition coefficient (Wildman–Crippen LogP) is 4.03. The minimum atomic E-state index is -0.501. The summed E-state index contributed by atoms with van der Waals surface area (Å²) in [5, 5.41) is 0. The van der Waals surface area contributed by atoms with Crippen molar-refractivity contribution in [2.75, 3.05) is 14.2 Å². The largest absolute Gasteiger partial charge is 0.465 e. The number of methoxy groups -OCH3 is 2. The van der Waals surface area contributed by atoms with Gasteiger partial charge in [-0.25, -0.2) is 9.59 Å². The van der Waals surface area contributed by atoms with Gasteiger partial charge >= 0.3 is 11.9 Å². The average Bonchev–Trinajstić information content (AvgIpc) is 2.95. The van der Waals surface area contributed by atoms with E-state index in [1.165, 1.54) is 20.3 Å². The maximum absolute atomic E-state index is 12.2. The molecule has 0 N–H and O–H groups in total. The second-order valence-corrected chi connectivity index (χ2v) is 5.27. The van der Waals surface area contributed by atoms with Crippen molar-refractivity contribution in [1.82, 2.24) is 0 Å². The van der Waals surface area contributed by atoms with E-state index < -0.39 is 11.9 Å². The maximum atomic E-state index is 12.2. The molecule has 1 aromatic rings. The van der Waals surface area contributed by atoms with E-state index in [1.54, 1.807) is 6.07 Å². The number of carbonyl (C=O) groups is 2. The molecule has 0 heterocycles. The van der Waals surface area contributed by atoms with Crippen LogP contribution in [0.4, 0.5) is 0 Å². The van der Waals surface area contributed by atoms with Crippen LogP contribution in [0.2, 0.25) is 0 Å². The number of esters is 2. The third-order valence-electron chi connectivity index (χ3n) is 3.93. The van der Waals surface area contributed by atoms with E-state index in [1.807, 2.05) is 48.5 Å². The Morgan fingerprint density at radius 2 is 1.33 bits per heavy atom. The van der Waals surface area contributed by atoms with Crippen LogP contribution in [0.5, 0.6) is 0 Å². The molecule has 0 radical (unpaired) electrons. The van der Waals surface area contributed by atoms with Crippen molar-refractivity contribution in [2.24, 2.45) is 0 Å². The fourth-order valence-corrected chi connectivity index (χ4v) is 2.75. The van der Waals surface area contributed by atoms with Crippen LogP contribution in [0.25, 0.3) is 22.3 Å². The van der Waals surface area contributed by atoms with Crippen LogP contribution >= 0.6 is 0 Å². The van der Waals surface area contributed by atoms with Crippen molar-refractivity contribution in [1.29, 1.82) is 0 Å². The van der Waals surface area contributed by atoms with E-state index in [2.05, 4.69) is 0 Å². The second kappa shape index (κ2) is 6.54. The Morgan fingerprint density at radius 1 is 0.708 bits per heavy atom. The molecule has 0 aromatic heterocycles. The summed E-state index contributed by atoms with van der Waals surface area (Å²) in [5.74, 6) is -0.995. The fourth-order valence-electron chi connectivity index (χ4n) is 2.75. The lowest BCUT2D eigenvalue weighted by Crippen LogP contribution is -2.04. The maximum Gasteiger partial charge on any atom is 0.338 e. The molecule has 0 spiro atoms. The molecular formula is C20H16O4. The quantitative estimate of drug-likeness (QED) is 0.684. The Balaban J connectivity index is 2.26. The highest BCUT2D eigenvalue weighted by Crippen LogP contribution is 2.37. The van der Waals surface area contributed by atoms with Gasteiger partial charge in [0.05, 0.1) is 25.3 Å². The summed E-state index contributed by atoms with van der Waals surface area (Å²) >= 11 is 0. The van der Waals surface area contributed by atoms with Crippen LogP contribution in [-0.2, 0) is 9.47 Å². The van der Waals surface area contributed by atoms with Gasteiger partial charge in [0.25, 0.3) is 0 Å². The molecule has 24 heavy (non-hydrogen) atoms. The number of hydrogen-bond acceptors (Lipinski definition) is 4. The van der Waals surface area contributed by atoms with Crippen LogP contribution in [0, 0.1) is 0 Å². The van der Waals surface area contributed by atoms with E-state index >= 15 is 0 Å². The van der Waals surface area contributed by atoms with Gasteiger partial charge in [-0.2, -0.15) is 0 Å². The molecule has 0 saturated heterocycles. The summed E-state index contributed by atoms with van der Waals surface area (Å²) < 4.78 is 9.65. The Kier molecular flexibility index (Phi) is 4.29. The van der Waals surface area contributed by atoms with Gasteiger partial charge in [-0.05, 0) is 34.4 Å². The lowest BCUT2D eigenvalue weighted by molar-refractivity contribution is 0.0600. The van der Waals surface area contributed by atoms with Crippen molar-refractivity contribution >= 4 is 11.9 Å². The van der Waals surface area contributed by atoms with Crippen molar-refractivity contribution in [3.63, 3.8) is 0 Å². The third kappa shape index (κ3) is 2.74. The van der Waals surface area contributed by atoms with Crippen LogP contribution in [0.3, 0.4) is 0 Å². The molecule has 2 aliphatic carbocycles. The molecule has 4 heteroatoms. The minimum absolute atomic E-state index is 0.299. The highest BCUT2D eigenvalue weighted by Gasteiger charge is 2.20. The zero-order valence-corrected chi connectivity index (χ0v) is 13.4. The van der Waals surface area contributed by atoms with Crippen molar-refractivity contribution in [2.45, 2.75) is 0 Å². The number of fused-ring (bicyclic) bond motifs is 1. The summed E-state index contributed by atoms with van der Waals surface area (Å²) in [6.45, 7) is 0. The first-order valence-corrected chi connectivity index (χ1v) is 7.44. The average molecular weight is 320 g/mol. The lowest BCUT2D eigenvalue weighted by atomic mass is 10.0. The first-order valence-electron chi connectivity index (χ1n) is 7.44. The van der Waals surface area contributed by atoms with Gasteiger partial charge in [-0.15, -0.1) is 0 Å². The van der Waals surface area contributed by atoms with Gasteiger partial charge in [0.15, 0.2) is 0 Å². The SMILES string of the molecule is COC(=O)c1ccc2c(-c3ccccc3)ccc-2c(C(=O)OC)c1. The molecule has 0 unspecified atom stereocenters. The Hall–Kier alpha value is -3.14.